The molecule has 2 aromatic carbocycles. The summed E-state index contributed by atoms with van der Waals surface area (Å²) in [6, 6.07) is 8.52. The summed E-state index contributed by atoms with van der Waals surface area (Å²) in [6.45, 7) is 0.263. The minimum absolute atomic E-state index is 0.0145. The van der Waals surface area contributed by atoms with E-state index in [0.717, 1.165) is 17.7 Å². The molecule has 3 rings (SSSR count). The van der Waals surface area contributed by atoms with Gasteiger partial charge in [0.15, 0.2) is 0 Å². The molecule has 0 bridgehead atoms. The standard InChI is InChI=1S/C14H12ClFN2O2S/c15-11-5-4-10(16)8-13(11)21(19,20)18-7-6-9-2-1-3-12(17)14(9)18/h1-5,8H,6-7,17H2. The van der Waals surface area contributed by atoms with Gasteiger partial charge in [0.05, 0.1) is 16.4 Å². The lowest BCUT2D eigenvalue weighted by molar-refractivity contribution is 0.587. The Labute approximate surface area is 127 Å². The Bertz CT molecular complexity index is 824. The molecule has 21 heavy (non-hydrogen) atoms. The van der Waals surface area contributed by atoms with Gasteiger partial charge in [-0.15, -0.1) is 0 Å². The summed E-state index contributed by atoms with van der Waals surface area (Å²) in [7, 11) is -3.95. The van der Waals surface area contributed by atoms with E-state index in [4.69, 9.17) is 17.3 Å². The summed E-state index contributed by atoms with van der Waals surface area (Å²) in [6.07, 6.45) is 0.562. The van der Waals surface area contributed by atoms with E-state index >= 15 is 0 Å². The fourth-order valence-electron chi connectivity index (χ4n) is 2.48. The van der Waals surface area contributed by atoms with Crippen molar-refractivity contribution < 1.29 is 12.8 Å². The smallest absolute Gasteiger partial charge is 0.266 e. The maximum atomic E-state index is 13.4. The molecule has 0 fully saturated rings. The molecule has 2 aromatic rings. The van der Waals surface area contributed by atoms with E-state index in [1.54, 1.807) is 12.1 Å². The highest BCUT2D eigenvalue weighted by atomic mass is 35.5. The first kappa shape index (κ1) is 14.2. The molecule has 0 saturated carbocycles. The third kappa shape index (κ3) is 2.24. The van der Waals surface area contributed by atoms with Crippen molar-refractivity contribution in [1.82, 2.24) is 0 Å². The number of nitrogens with two attached hydrogens (primary N) is 1. The van der Waals surface area contributed by atoms with Crippen LogP contribution in [0.4, 0.5) is 15.8 Å². The first-order chi connectivity index (χ1) is 9.91. The molecule has 0 atom stereocenters. The SMILES string of the molecule is Nc1cccc2c1N(S(=O)(=O)c1cc(F)ccc1Cl)CC2. The van der Waals surface area contributed by atoms with Gasteiger partial charge in [0, 0.05) is 6.54 Å². The summed E-state index contributed by atoms with van der Waals surface area (Å²) >= 11 is 5.92. The fraction of sp³-hybridized carbons (Fsp3) is 0.143. The summed E-state index contributed by atoms with van der Waals surface area (Å²) in [5.74, 6) is -0.654. The molecule has 7 heteroatoms. The number of para-hydroxylation sites is 1. The van der Waals surface area contributed by atoms with Crippen LogP contribution in [0, 0.1) is 5.82 Å². The average Bonchev–Trinajstić information content (AvgIpc) is 2.87. The van der Waals surface area contributed by atoms with E-state index in [9.17, 15) is 12.8 Å². The van der Waals surface area contributed by atoms with Gasteiger partial charge in [0.25, 0.3) is 10.0 Å². The van der Waals surface area contributed by atoms with Crippen molar-refractivity contribution in [3.63, 3.8) is 0 Å². The lowest BCUT2D eigenvalue weighted by atomic mass is 10.1. The van der Waals surface area contributed by atoms with Gasteiger partial charge < -0.3 is 5.73 Å². The molecular weight excluding hydrogens is 315 g/mol. The Morgan fingerprint density at radius 3 is 2.76 bits per heavy atom. The summed E-state index contributed by atoms with van der Waals surface area (Å²) in [5.41, 5.74) is 7.58. The van der Waals surface area contributed by atoms with Crippen LogP contribution in [-0.4, -0.2) is 15.0 Å². The molecule has 2 N–H and O–H groups in total. The molecule has 0 spiro atoms. The number of sulfonamides is 1. The third-order valence-corrected chi connectivity index (χ3v) is 5.73. The Kier molecular flexibility index (Phi) is 3.30. The second kappa shape index (κ2) is 4.89. The zero-order chi connectivity index (χ0) is 15.2. The highest BCUT2D eigenvalue weighted by molar-refractivity contribution is 7.93. The van der Waals surface area contributed by atoms with E-state index in [1.807, 2.05) is 6.07 Å². The maximum absolute atomic E-state index is 13.4. The van der Waals surface area contributed by atoms with Crippen LogP contribution < -0.4 is 10.0 Å². The molecule has 0 radical (unpaired) electrons. The third-order valence-electron chi connectivity index (χ3n) is 3.45. The monoisotopic (exact) mass is 326 g/mol. The van der Waals surface area contributed by atoms with E-state index in [-0.39, 0.29) is 16.5 Å². The van der Waals surface area contributed by atoms with Crippen LogP contribution in [0.2, 0.25) is 5.02 Å². The van der Waals surface area contributed by atoms with Crippen molar-refractivity contribution in [3.8, 4) is 0 Å². The van der Waals surface area contributed by atoms with Gasteiger partial charge in [-0.25, -0.2) is 12.8 Å². The molecular formula is C14H12ClFN2O2S. The first-order valence-electron chi connectivity index (χ1n) is 6.26. The predicted molar refractivity (Wildman–Crippen MR) is 80.5 cm³/mol. The van der Waals surface area contributed by atoms with E-state index in [2.05, 4.69) is 0 Å². The highest BCUT2D eigenvalue weighted by Gasteiger charge is 2.33. The summed E-state index contributed by atoms with van der Waals surface area (Å²) in [5, 5.41) is -0.0145. The second-order valence-electron chi connectivity index (χ2n) is 4.76. The number of hydrogen-bond donors (Lipinski definition) is 1. The molecule has 1 aliphatic rings. The molecule has 0 amide bonds. The normalized spacial score (nSPS) is 14.3. The molecule has 0 aliphatic carbocycles. The van der Waals surface area contributed by atoms with Gasteiger partial charge in [-0.1, -0.05) is 23.7 Å². The Balaban J connectivity index is 2.16. The van der Waals surface area contributed by atoms with Crippen molar-refractivity contribution in [2.45, 2.75) is 11.3 Å². The molecule has 0 aromatic heterocycles. The Morgan fingerprint density at radius 1 is 1.24 bits per heavy atom. The van der Waals surface area contributed by atoms with Crippen LogP contribution in [0.15, 0.2) is 41.3 Å². The first-order valence-corrected chi connectivity index (χ1v) is 8.08. The Morgan fingerprint density at radius 2 is 2.00 bits per heavy atom. The zero-order valence-corrected chi connectivity index (χ0v) is 12.5. The minimum Gasteiger partial charge on any atom is -0.397 e. The molecule has 1 aliphatic heterocycles. The van der Waals surface area contributed by atoms with Crippen LogP contribution in [0.1, 0.15) is 5.56 Å². The number of nitrogens with zero attached hydrogens (tertiary/aromatic N) is 1. The van der Waals surface area contributed by atoms with Gasteiger partial charge in [0.1, 0.15) is 10.7 Å². The number of fused-ring (bicyclic) bond motifs is 1. The number of anilines is 2. The van der Waals surface area contributed by atoms with Crippen LogP contribution in [0.5, 0.6) is 0 Å². The van der Waals surface area contributed by atoms with Gasteiger partial charge in [-0.3, -0.25) is 4.31 Å². The summed E-state index contributed by atoms with van der Waals surface area (Å²) < 4.78 is 40.0. The molecule has 110 valence electrons. The molecule has 0 saturated heterocycles. The molecule has 0 unspecified atom stereocenters. The minimum atomic E-state index is -3.95. The largest absolute Gasteiger partial charge is 0.397 e. The highest BCUT2D eigenvalue weighted by Crippen LogP contribution is 2.38. The quantitative estimate of drug-likeness (QED) is 0.863. The number of halogens is 2. The number of rotatable bonds is 2. The van der Waals surface area contributed by atoms with Gasteiger partial charge in [-0.2, -0.15) is 0 Å². The van der Waals surface area contributed by atoms with Crippen LogP contribution in [0.3, 0.4) is 0 Å². The number of benzene rings is 2. The van der Waals surface area contributed by atoms with Gasteiger partial charge in [0.2, 0.25) is 0 Å². The van der Waals surface area contributed by atoms with Gasteiger partial charge in [-0.05, 0) is 36.2 Å². The maximum Gasteiger partial charge on any atom is 0.266 e. The van der Waals surface area contributed by atoms with E-state index < -0.39 is 15.8 Å². The van der Waals surface area contributed by atoms with Crippen LogP contribution in [-0.2, 0) is 16.4 Å². The van der Waals surface area contributed by atoms with E-state index in [1.165, 1.54) is 10.4 Å². The van der Waals surface area contributed by atoms with Crippen molar-refractivity contribution in [2.75, 3.05) is 16.6 Å². The summed E-state index contributed by atoms with van der Waals surface area (Å²) in [4.78, 5) is -0.250. The number of nitrogen functional groups attached to an aromatic ring is 1. The van der Waals surface area contributed by atoms with Crippen LogP contribution >= 0.6 is 11.6 Å². The second-order valence-corrected chi connectivity index (χ2v) is 6.99. The molecule has 1 heterocycles. The number of hydrogen-bond acceptors (Lipinski definition) is 3. The van der Waals surface area contributed by atoms with E-state index in [0.29, 0.717) is 17.8 Å². The average molecular weight is 327 g/mol. The van der Waals surface area contributed by atoms with Crippen molar-refractivity contribution in [2.24, 2.45) is 0 Å². The van der Waals surface area contributed by atoms with Crippen molar-refractivity contribution in [3.05, 3.63) is 52.8 Å². The topological polar surface area (TPSA) is 63.4 Å². The zero-order valence-electron chi connectivity index (χ0n) is 10.9. The fourth-order valence-corrected chi connectivity index (χ4v) is 4.50. The lowest BCUT2D eigenvalue weighted by Crippen LogP contribution is -2.30. The van der Waals surface area contributed by atoms with Crippen molar-refractivity contribution >= 4 is 33.0 Å². The van der Waals surface area contributed by atoms with Crippen molar-refractivity contribution in [1.29, 1.82) is 0 Å². The molecule has 4 nitrogen and oxygen atoms in total. The predicted octanol–water partition coefficient (Wildman–Crippen LogP) is 2.81. The van der Waals surface area contributed by atoms with Crippen LogP contribution in [0.25, 0.3) is 0 Å². The Hall–Kier alpha value is -1.79. The van der Waals surface area contributed by atoms with Gasteiger partial charge >= 0.3 is 0 Å². The lowest BCUT2D eigenvalue weighted by Gasteiger charge is -2.21.